The highest BCUT2D eigenvalue weighted by Crippen LogP contribution is 2.21. The summed E-state index contributed by atoms with van der Waals surface area (Å²) in [6.45, 7) is 6.00. The fourth-order valence-electron chi connectivity index (χ4n) is 3.65. The molecule has 3 heterocycles. The second-order valence-electron chi connectivity index (χ2n) is 6.91. The summed E-state index contributed by atoms with van der Waals surface area (Å²) in [5.41, 5.74) is 2.50. The molecule has 1 fully saturated rings. The van der Waals surface area contributed by atoms with E-state index in [1.54, 1.807) is 23.8 Å². The summed E-state index contributed by atoms with van der Waals surface area (Å²) in [5, 5.41) is 12.7. The van der Waals surface area contributed by atoms with Gasteiger partial charge in [0.2, 0.25) is 5.95 Å². The zero-order valence-electron chi connectivity index (χ0n) is 16.4. The molecular formula is C22H22N6O. The van der Waals surface area contributed by atoms with Gasteiger partial charge in [0.25, 0.3) is 5.56 Å². The lowest BCUT2D eigenvalue weighted by molar-refractivity contribution is 0.572. The van der Waals surface area contributed by atoms with Gasteiger partial charge in [0.1, 0.15) is 5.52 Å². The molecule has 4 rings (SSSR count). The van der Waals surface area contributed by atoms with Gasteiger partial charge in [-0.1, -0.05) is 24.1 Å². The fraction of sp³-hybridized carbons (Fsp3) is 0.318. The lowest BCUT2D eigenvalue weighted by Crippen LogP contribution is -2.44. The van der Waals surface area contributed by atoms with Gasteiger partial charge in [-0.25, -0.2) is 4.98 Å². The molecule has 0 aliphatic carbocycles. The molecule has 1 aliphatic rings. The van der Waals surface area contributed by atoms with Crippen molar-refractivity contribution in [1.29, 1.82) is 5.26 Å². The third-order valence-corrected chi connectivity index (χ3v) is 5.14. The summed E-state index contributed by atoms with van der Waals surface area (Å²) in [7, 11) is 0. The van der Waals surface area contributed by atoms with E-state index in [-0.39, 0.29) is 5.56 Å². The first-order valence-electron chi connectivity index (χ1n) is 9.66. The number of fused-ring (bicyclic) bond motifs is 1. The number of nitrogens with zero attached hydrogens (tertiary/aromatic N) is 5. The van der Waals surface area contributed by atoms with E-state index < -0.39 is 0 Å². The second-order valence-corrected chi connectivity index (χ2v) is 6.91. The Labute approximate surface area is 169 Å². The van der Waals surface area contributed by atoms with Crippen LogP contribution in [0.5, 0.6) is 0 Å². The zero-order valence-corrected chi connectivity index (χ0v) is 16.4. The predicted molar refractivity (Wildman–Crippen MR) is 113 cm³/mol. The summed E-state index contributed by atoms with van der Waals surface area (Å²) in [6.07, 6.45) is 1.75. The number of imidazole rings is 1. The van der Waals surface area contributed by atoms with Gasteiger partial charge < -0.3 is 14.8 Å². The number of hydrogen-bond donors (Lipinski definition) is 1. The highest BCUT2D eigenvalue weighted by molar-refractivity contribution is 5.78. The molecule has 0 unspecified atom stereocenters. The molecule has 1 aromatic carbocycles. The molecule has 29 heavy (non-hydrogen) atoms. The van der Waals surface area contributed by atoms with Gasteiger partial charge in [0.15, 0.2) is 0 Å². The maximum atomic E-state index is 13.4. The van der Waals surface area contributed by atoms with E-state index in [9.17, 15) is 10.1 Å². The Morgan fingerprint density at radius 1 is 1.21 bits per heavy atom. The van der Waals surface area contributed by atoms with Crippen LogP contribution in [-0.4, -0.2) is 40.3 Å². The first-order chi connectivity index (χ1) is 14.2. The molecular weight excluding hydrogens is 364 g/mol. The number of piperazine rings is 1. The number of nitrogens with one attached hydrogen (secondary N) is 1. The Balaban J connectivity index is 1.82. The van der Waals surface area contributed by atoms with Crippen LogP contribution < -0.4 is 15.8 Å². The van der Waals surface area contributed by atoms with Crippen molar-refractivity contribution in [2.45, 2.75) is 20.0 Å². The standard InChI is InChI=1S/C22H22N6O/c1-2-3-11-28-20-19(25-22(28)26-13-9-24-10-14-26)8-12-27(21(20)29)16-18-7-5-4-6-17(18)15-23/h4-8,12,24H,9-11,13-14,16H2,1H3. The average Bonchev–Trinajstić information content (AvgIpc) is 3.14. The first kappa shape index (κ1) is 18.8. The van der Waals surface area contributed by atoms with E-state index in [4.69, 9.17) is 4.98 Å². The molecule has 7 heteroatoms. The van der Waals surface area contributed by atoms with Gasteiger partial charge in [0.05, 0.1) is 30.2 Å². The van der Waals surface area contributed by atoms with Gasteiger partial charge >= 0.3 is 0 Å². The molecule has 0 bridgehead atoms. The minimum Gasteiger partial charge on any atom is -0.340 e. The highest BCUT2D eigenvalue weighted by atomic mass is 16.1. The van der Waals surface area contributed by atoms with Crippen molar-refractivity contribution in [3.8, 4) is 17.9 Å². The van der Waals surface area contributed by atoms with Gasteiger partial charge in [0, 0.05) is 32.4 Å². The number of aromatic nitrogens is 3. The number of nitriles is 1. The average molecular weight is 386 g/mol. The van der Waals surface area contributed by atoms with Crippen LogP contribution in [-0.2, 0) is 13.1 Å². The SMILES string of the molecule is CC#CCn1c(N2CCNCC2)nc2ccn(Cc3ccccc3C#N)c(=O)c21. The van der Waals surface area contributed by atoms with Gasteiger partial charge in [-0.2, -0.15) is 5.26 Å². The van der Waals surface area contributed by atoms with Crippen LogP contribution in [0.15, 0.2) is 41.3 Å². The normalized spacial score (nSPS) is 13.7. The molecule has 7 nitrogen and oxygen atoms in total. The maximum absolute atomic E-state index is 13.4. The molecule has 0 atom stereocenters. The quantitative estimate of drug-likeness (QED) is 0.689. The van der Waals surface area contributed by atoms with E-state index in [1.807, 2.05) is 28.8 Å². The molecule has 0 spiro atoms. The Hall–Kier alpha value is -3.55. The van der Waals surface area contributed by atoms with E-state index >= 15 is 0 Å². The van der Waals surface area contributed by atoms with Crippen molar-refractivity contribution < 1.29 is 0 Å². The third-order valence-electron chi connectivity index (χ3n) is 5.14. The highest BCUT2D eigenvalue weighted by Gasteiger charge is 2.21. The molecule has 1 saturated heterocycles. The Bertz CT molecular complexity index is 1200. The van der Waals surface area contributed by atoms with Crippen LogP contribution >= 0.6 is 0 Å². The van der Waals surface area contributed by atoms with Gasteiger partial charge in [-0.05, 0) is 24.6 Å². The van der Waals surface area contributed by atoms with E-state index in [2.05, 4.69) is 28.1 Å². The molecule has 1 aliphatic heterocycles. The van der Waals surface area contributed by atoms with Crippen LogP contribution in [0.4, 0.5) is 5.95 Å². The Kier molecular flexibility index (Phi) is 5.33. The van der Waals surface area contributed by atoms with Crippen molar-refractivity contribution in [2.75, 3.05) is 31.1 Å². The minimum absolute atomic E-state index is 0.123. The van der Waals surface area contributed by atoms with Crippen LogP contribution in [0.3, 0.4) is 0 Å². The molecule has 2 aromatic heterocycles. The number of pyridine rings is 1. The lowest BCUT2D eigenvalue weighted by Gasteiger charge is -2.28. The smallest absolute Gasteiger partial charge is 0.277 e. The monoisotopic (exact) mass is 386 g/mol. The number of anilines is 1. The van der Waals surface area contributed by atoms with Crippen molar-refractivity contribution in [2.24, 2.45) is 0 Å². The van der Waals surface area contributed by atoms with Crippen molar-refractivity contribution in [1.82, 2.24) is 19.4 Å². The van der Waals surface area contributed by atoms with E-state index in [1.165, 1.54) is 0 Å². The molecule has 3 aromatic rings. The molecule has 0 saturated carbocycles. The molecule has 0 amide bonds. The maximum Gasteiger partial charge on any atom is 0.277 e. The van der Waals surface area contributed by atoms with Gasteiger partial charge in [-0.15, -0.1) is 5.92 Å². The summed E-state index contributed by atoms with van der Waals surface area (Å²) >= 11 is 0. The number of rotatable bonds is 4. The van der Waals surface area contributed by atoms with Gasteiger partial charge in [-0.3, -0.25) is 9.36 Å². The van der Waals surface area contributed by atoms with Crippen LogP contribution in [0.25, 0.3) is 11.0 Å². The second kappa shape index (κ2) is 8.22. The van der Waals surface area contributed by atoms with Crippen LogP contribution in [0.1, 0.15) is 18.1 Å². The first-order valence-corrected chi connectivity index (χ1v) is 9.66. The summed E-state index contributed by atoms with van der Waals surface area (Å²) in [6, 6.07) is 11.4. The lowest BCUT2D eigenvalue weighted by atomic mass is 10.1. The Morgan fingerprint density at radius 3 is 2.76 bits per heavy atom. The van der Waals surface area contributed by atoms with Crippen LogP contribution in [0.2, 0.25) is 0 Å². The number of hydrogen-bond acceptors (Lipinski definition) is 5. The molecule has 1 N–H and O–H groups in total. The number of benzene rings is 1. The predicted octanol–water partition coefficient (Wildman–Crippen LogP) is 1.55. The molecule has 0 radical (unpaired) electrons. The fourth-order valence-corrected chi connectivity index (χ4v) is 3.65. The largest absolute Gasteiger partial charge is 0.340 e. The van der Waals surface area contributed by atoms with E-state index in [0.29, 0.717) is 29.7 Å². The van der Waals surface area contributed by atoms with Crippen molar-refractivity contribution in [3.63, 3.8) is 0 Å². The summed E-state index contributed by atoms with van der Waals surface area (Å²) in [5.74, 6) is 6.78. The summed E-state index contributed by atoms with van der Waals surface area (Å²) in [4.78, 5) is 20.3. The van der Waals surface area contributed by atoms with Crippen molar-refractivity contribution in [3.05, 3.63) is 58.0 Å². The molecule has 146 valence electrons. The van der Waals surface area contributed by atoms with E-state index in [0.717, 1.165) is 37.7 Å². The summed E-state index contributed by atoms with van der Waals surface area (Å²) < 4.78 is 3.56. The van der Waals surface area contributed by atoms with Crippen molar-refractivity contribution >= 4 is 17.0 Å². The third kappa shape index (κ3) is 3.61. The Morgan fingerprint density at radius 2 is 2.00 bits per heavy atom. The zero-order chi connectivity index (χ0) is 20.2. The minimum atomic E-state index is -0.123. The van der Waals surface area contributed by atoms with Crippen LogP contribution in [0, 0.1) is 23.2 Å². The topological polar surface area (TPSA) is 78.9 Å².